The van der Waals surface area contributed by atoms with E-state index in [0.29, 0.717) is 0 Å². The summed E-state index contributed by atoms with van der Waals surface area (Å²) in [7, 11) is 0. The summed E-state index contributed by atoms with van der Waals surface area (Å²) in [5, 5.41) is 2.77. The average Bonchev–Trinajstić information content (AvgIpc) is 2.56. The van der Waals surface area contributed by atoms with Crippen LogP contribution in [0.15, 0.2) is 35.8 Å². The lowest BCUT2D eigenvalue weighted by Gasteiger charge is -1.95. The van der Waals surface area contributed by atoms with Crippen LogP contribution in [0.1, 0.15) is 0 Å². The van der Waals surface area contributed by atoms with Gasteiger partial charge < -0.3 is 0 Å². The van der Waals surface area contributed by atoms with E-state index in [2.05, 4.69) is 4.37 Å². The normalized spacial score (nSPS) is 10.1. The van der Waals surface area contributed by atoms with Crippen molar-refractivity contribution in [3.05, 3.63) is 40.9 Å². The summed E-state index contributed by atoms with van der Waals surface area (Å²) in [5.74, 6) is 0. The minimum Gasteiger partial charge on any atom is -0.201 e. The Labute approximate surface area is 79.8 Å². The fraction of sp³-hybridized carbons (Fsp3) is 0. The van der Waals surface area contributed by atoms with Gasteiger partial charge in [-0.15, -0.1) is 0 Å². The fourth-order valence-corrected chi connectivity index (χ4v) is 1.75. The van der Waals surface area contributed by atoms with E-state index < -0.39 is 0 Å². The zero-order valence-electron chi connectivity index (χ0n) is 6.20. The Morgan fingerprint density at radius 3 is 2.83 bits per heavy atom. The van der Waals surface area contributed by atoms with Gasteiger partial charge in [0.2, 0.25) is 0 Å². The molecule has 1 aromatic heterocycles. The molecule has 1 nitrogen and oxygen atoms in total. The van der Waals surface area contributed by atoms with E-state index in [9.17, 15) is 0 Å². The highest BCUT2D eigenvalue weighted by molar-refractivity contribution is 7.03. The molecule has 0 radical (unpaired) electrons. The van der Waals surface area contributed by atoms with Gasteiger partial charge in [-0.05, 0) is 29.2 Å². The Kier molecular flexibility index (Phi) is 2.11. The number of hydrogen-bond acceptors (Lipinski definition) is 2. The van der Waals surface area contributed by atoms with Crippen LogP contribution in [0.4, 0.5) is 0 Å². The van der Waals surface area contributed by atoms with E-state index in [-0.39, 0.29) is 0 Å². The van der Waals surface area contributed by atoms with Crippen molar-refractivity contribution < 1.29 is 0 Å². The molecule has 0 spiro atoms. The summed E-state index contributed by atoms with van der Waals surface area (Å²) in [6, 6.07) is 7.76. The summed E-state index contributed by atoms with van der Waals surface area (Å²) >= 11 is 7.29. The van der Waals surface area contributed by atoms with Crippen molar-refractivity contribution >= 4 is 23.1 Å². The maximum atomic E-state index is 5.84. The average molecular weight is 196 g/mol. The second-order valence-electron chi connectivity index (χ2n) is 2.42. The van der Waals surface area contributed by atoms with Crippen LogP contribution in [0.3, 0.4) is 0 Å². The van der Waals surface area contributed by atoms with Crippen LogP contribution in [0.25, 0.3) is 11.1 Å². The molecule has 60 valence electrons. The van der Waals surface area contributed by atoms with Crippen LogP contribution < -0.4 is 0 Å². The predicted molar refractivity (Wildman–Crippen MR) is 52.6 cm³/mol. The minimum absolute atomic E-state index is 0.763. The maximum Gasteiger partial charge on any atom is 0.0485 e. The van der Waals surface area contributed by atoms with Crippen molar-refractivity contribution in [2.24, 2.45) is 0 Å². The Hall–Kier alpha value is -0.860. The molecule has 1 aromatic carbocycles. The van der Waals surface area contributed by atoms with Gasteiger partial charge in [0.25, 0.3) is 0 Å². The van der Waals surface area contributed by atoms with Gasteiger partial charge in [-0.25, -0.2) is 4.37 Å². The molecule has 0 unspecified atom stereocenters. The SMILES string of the molecule is Clc1cccc(-c2cnsc2)c1. The van der Waals surface area contributed by atoms with Gasteiger partial charge in [-0.3, -0.25) is 0 Å². The highest BCUT2D eigenvalue weighted by Crippen LogP contribution is 2.22. The summed E-state index contributed by atoms with van der Waals surface area (Å²) < 4.78 is 4.03. The lowest BCUT2D eigenvalue weighted by molar-refractivity contribution is 1.56. The van der Waals surface area contributed by atoms with Crippen molar-refractivity contribution in [2.45, 2.75) is 0 Å². The van der Waals surface area contributed by atoms with E-state index >= 15 is 0 Å². The minimum atomic E-state index is 0.763. The lowest BCUT2D eigenvalue weighted by Crippen LogP contribution is -1.71. The van der Waals surface area contributed by atoms with Crippen molar-refractivity contribution in [1.29, 1.82) is 0 Å². The number of rotatable bonds is 1. The largest absolute Gasteiger partial charge is 0.201 e. The van der Waals surface area contributed by atoms with E-state index in [1.165, 1.54) is 11.5 Å². The maximum absolute atomic E-state index is 5.84. The van der Waals surface area contributed by atoms with Crippen LogP contribution in [0, 0.1) is 0 Å². The Bertz CT molecular complexity index is 370. The molecule has 0 aliphatic rings. The Balaban J connectivity index is 2.48. The van der Waals surface area contributed by atoms with Gasteiger partial charge in [0.15, 0.2) is 0 Å². The number of nitrogens with zero attached hydrogens (tertiary/aromatic N) is 1. The molecule has 2 rings (SSSR count). The molecule has 2 aromatic rings. The molecule has 0 saturated carbocycles. The molecule has 3 heteroatoms. The molecule has 12 heavy (non-hydrogen) atoms. The third-order valence-corrected chi connectivity index (χ3v) is 2.41. The third-order valence-electron chi connectivity index (χ3n) is 1.59. The zero-order valence-corrected chi connectivity index (χ0v) is 7.77. The predicted octanol–water partition coefficient (Wildman–Crippen LogP) is 3.46. The van der Waals surface area contributed by atoms with Gasteiger partial charge >= 0.3 is 0 Å². The molecule has 0 N–H and O–H groups in total. The first-order valence-corrected chi connectivity index (χ1v) is 4.73. The molecule has 1 heterocycles. The first-order chi connectivity index (χ1) is 5.86. The van der Waals surface area contributed by atoms with Crippen LogP contribution >= 0.6 is 23.1 Å². The van der Waals surface area contributed by atoms with Crippen molar-refractivity contribution in [1.82, 2.24) is 4.37 Å². The number of hydrogen-bond donors (Lipinski definition) is 0. The smallest absolute Gasteiger partial charge is 0.0485 e. The van der Waals surface area contributed by atoms with Gasteiger partial charge in [-0.2, -0.15) is 0 Å². The highest BCUT2D eigenvalue weighted by atomic mass is 35.5. The molecular formula is C9H6ClNS. The Morgan fingerprint density at radius 1 is 1.25 bits per heavy atom. The fourth-order valence-electron chi connectivity index (χ4n) is 1.02. The molecule has 0 aliphatic heterocycles. The highest BCUT2D eigenvalue weighted by Gasteiger charge is 1.97. The van der Waals surface area contributed by atoms with Crippen LogP contribution in [0.5, 0.6) is 0 Å². The van der Waals surface area contributed by atoms with Crippen molar-refractivity contribution in [2.75, 3.05) is 0 Å². The lowest BCUT2D eigenvalue weighted by atomic mass is 10.1. The second kappa shape index (κ2) is 3.25. The summed E-state index contributed by atoms with van der Waals surface area (Å²) in [6.07, 6.45) is 1.84. The first-order valence-electron chi connectivity index (χ1n) is 3.51. The quantitative estimate of drug-likeness (QED) is 0.679. The third kappa shape index (κ3) is 1.49. The monoisotopic (exact) mass is 195 g/mol. The molecule has 0 bridgehead atoms. The zero-order chi connectivity index (χ0) is 8.39. The number of benzene rings is 1. The molecule has 0 atom stereocenters. The standard InChI is InChI=1S/C9H6ClNS/c10-9-3-1-2-7(4-9)8-5-11-12-6-8/h1-6H. The summed E-state index contributed by atoms with van der Waals surface area (Å²) in [5.41, 5.74) is 2.25. The van der Waals surface area contributed by atoms with E-state index in [0.717, 1.165) is 16.1 Å². The summed E-state index contributed by atoms with van der Waals surface area (Å²) in [6.45, 7) is 0. The second-order valence-corrected chi connectivity index (χ2v) is 3.52. The van der Waals surface area contributed by atoms with E-state index in [1.807, 2.05) is 35.8 Å². The molecular weight excluding hydrogens is 190 g/mol. The first kappa shape index (κ1) is 7.77. The molecule has 0 amide bonds. The van der Waals surface area contributed by atoms with Gasteiger partial charge in [0.05, 0.1) is 0 Å². The van der Waals surface area contributed by atoms with Crippen LogP contribution in [-0.4, -0.2) is 4.37 Å². The van der Waals surface area contributed by atoms with Crippen LogP contribution in [-0.2, 0) is 0 Å². The van der Waals surface area contributed by atoms with E-state index in [4.69, 9.17) is 11.6 Å². The number of aromatic nitrogens is 1. The molecule has 0 aliphatic carbocycles. The van der Waals surface area contributed by atoms with E-state index in [1.54, 1.807) is 0 Å². The molecule has 0 saturated heterocycles. The topological polar surface area (TPSA) is 12.9 Å². The number of halogens is 1. The van der Waals surface area contributed by atoms with Crippen molar-refractivity contribution in [3.8, 4) is 11.1 Å². The Morgan fingerprint density at radius 2 is 2.17 bits per heavy atom. The summed E-state index contributed by atoms with van der Waals surface area (Å²) in [4.78, 5) is 0. The van der Waals surface area contributed by atoms with Gasteiger partial charge in [0.1, 0.15) is 0 Å². The molecule has 0 fully saturated rings. The van der Waals surface area contributed by atoms with Crippen molar-refractivity contribution in [3.63, 3.8) is 0 Å². The van der Waals surface area contributed by atoms with Crippen LogP contribution in [0.2, 0.25) is 5.02 Å². The van der Waals surface area contributed by atoms with Gasteiger partial charge in [0, 0.05) is 22.2 Å². The van der Waals surface area contributed by atoms with Gasteiger partial charge in [-0.1, -0.05) is 23.7 Å².